The summed E-state index contributed by atoms with van der Waals surface area (Å²) in [6.45, 7) is 0. The van der Waals surface area contributed by atoms with Gasteiger partial charge in [-0.05, 0) is 35.9 Å². The summed E-state index contributed by atoms with van der Waals surface area (Å²) in [5, 5.41) is 12.8. The lowest BCUT2D eigenvalue weighted by atomic mass is 10.1. The van der Waals surface area contributed by atoms with Gasteiger partial charge in [0.1, 0.15) is 0 Å². The van der Waals surface area contributed by atoms with Crippen LogP contribution < -0.4 is 5.32 Å². The van der Waals surface area contributed by atoms with Crippen LogP contribution in [-0.4, -0.2) is 17.0 Å². The van der Waals surface area contributed by atoms with Crippen LogP contribution in [0.5, 0.6) is 0 Å². The second kappa shape index (κ2) is 7.01. The van der Waals surface area contributed by atoms with Gasteiger partial charge in [0.05, 0.1) is 17.7 Å². The van der Waals surface area contributed by atoms with Crippen LogP contribution in [-0.2, 0) is 11.2 Å². The van der Waals surface area contributed by atoms with Crippen LogP contribution in [0.1, 0.15) is 15.9 Å². The van der Waals surface area contributed by atoms with Gasteiger partial charge in [-0.3, -0.25) is 4.79 Å². The summed E-state index contributed by atoms with van der Waals surface area (Å²) in [4.78, 5) is 23.2. The van der Waals surface area contributed by atoms with E-state index in [4.69, 9.17) is 39.9 Å². The molecule has 0 heterocycles. The van der Waals surface area contributed by atoms with E-state index < -0.39 is 11.9 Å². The molecule has 22 heavy (non-hydrogen) atoms. The fourth-order valence-corrected chi connectivity index (χ4v) is 2.48. The van der Waals surface area contributed by atoms with Gasteiger partial charge in [0.25, 0.3) is 0 Å². The first kappa shape index (κ1) is 16.6. The average Bonchev–Trinajstić information content (AvgIpc) is 2.43. The second-order valence-electron chi connectivity index (χ2n) is 4.46. The Morgan fingerprint density at radius 3 is 2.27 bits per heavy atom. The summed E-state index contributed by atoms with van der Waals surface area (Å²) in [5.41, 5.74) is 0.685. The molecule has 0 bridgehead atoms. The van der Waals surface area contributed by atoms with Gasteiger partial charge in [0.2, 0.25) is 5.91 Å². The van der Waals surface area contributed by atoms with Gasteiger partial charge in [-0.15, -0.1) is 0 Å². The van der Waals surface area contributed by atoms with Crippen LogP contribution in [0, 0.1) is 0 Å². The van der Waals surface area contributed by atoms with Gasteiger partial charge in [0.15, 0.2) is 0 Å². The molecule has 1 amide bonds. The molecule has 0 aromatic heterocycles. The largest absolute Gasteiger partial charge is 0.478 e. The van der Waals surface area contributed by atoms with Crippen LogP contribution in [0.3, 0.4) is 0 Å². The molecule has 7 heteroatoms. The van der Waals surface area contributed by atoms with Crippen LogP contribution in [0.15, 0.2) is 36.4 Å². The fourth-order valence-electron chi connectivity index (χ4n) is 1.83. The quantitative estimate of drug-likeness (QED) is 0.844. The van der Waals surface area contributed by atoms with Gasteiger partial charge < -0.3 is 10.4 Å². The van der Waals surface area contributed by atoms with Gasteiger partial charge in [-0.25, -0.2) is 4.79 Å². The zero-order chi connectivity index (χ0) is 16.3. The molecule has 0 aliphatic carbocycles. The average molecular weight is 359 g/mol. The van der Waals surface area contributed by atoms with Crippen molar-refractivity contribution in [2.75, 3.05) is 5.32 Å². The summed E-state index contributed by atoms with van der Waals surface area (Å²) in [6, 6.07) is 9.02. The monoisotopic (exact) mass is 357 g/mol. The number of rotatable bonds is 4. The third-order valence-corrected chi connectivity index (χ3v) is 3.67. The number of carbonyl (C=O) groups is 2. The Kier molecular flexibility index (Phi) is 5.29. The van der Waals surface area contributed by atoms with Crippen molar-refractivity contribution in [3.05, 3.63) is 62.6 Å². The fraction of sp³-hybridized carbons (Fsp3) is 0.0667. The summed E-state index contributed by atoms with van der Waals surface area (Å²) in [7, 11) is 0. The number of carbonyl (C=O) groups excluding carboxylic acids is 1. The highest BCUT2D eigenvalue weighted by Gasteiger charge is 2.14. The number of anilines is 1. The van der Waals surface area contributed by atoms with Crippen molar-refractivity contribution in [2.24, 2.45) is 0 Å². The zero-order valence-electron chi connectivity index (χ0n) is 11.1. The van der Waals surface area contributed by atoms with E-state index in [1.165, 1.54) is 24.3 Å². The Labute approximate surface area is 141 Å². The molecule has 0 saturated carbocycles. The number of carboxylic acid groups (broad SMARTS) is 1. The van der Waals surface area contributed by atoms with Crippen molar-refractivity contribution in [1.82, 2.24) is 0 Å². The molecule has 0 aliphatic rings. The standard InChI is InChI=1S/C15H10Cl3NO3/c16-9-3-4-13(11(6-9)15(21)22)19-14(20)5-8-1-2-10(17)7-12(8)18/h1-4,6-7H,5H2,(H,19,20)(H,21,22). The van der Waals surface area contributed by atoms with E-state index in [2.05, 4.69) is 5.32 Å². The normalized spacial score (nSPS) is 10.3. The number of benzene rings is 2. The molecule has 0 aliphatic heterocycles. The highest BCUT2D eigenvalue weighted by molar-refractivity contribution is 6.35. The van der Waals surface area contributed by atoms with E-state index in [0.717, 1.165) is 0 Å². The smallest absolute Gasteiger partial charge is 0.337 e. The molecule has 2 N–H and O–H groups in total. The first-order chi connectivity index (χ1) is 10.4. The minimum absolute atomic E-state index is 0.00229. The maximum absolute atomic E-state index is 12.1. The lowest BCUT2D eigenvalue weighted by Crippen LogP contribution is -2.17. The minimum atomic E-state index is -1.18. The molecule has 0 saturated heterocycles. The summed E-state index contributed by atoms with van der Waals surface area (Å²) in [6.07, 6.45) is -0.00229. The number of halogens is 3. The SMILES string of the molecule is O=C(Cc1ccc(Cl)cc1Cl)Nc1ccc(Cl)cc1C(=O)O. The predicted octanol–water partition coefficient (Wildman–Crippen LogP) is 4.53. The number of carboxylic acids is 1. The van der Waals surface area contributed by atoms with Crippen molar-refractivity contribution in [2.45, 2.75) is 6.42 Å². The lowest BCUT2D eigenvalue weighted by molar-refractivity contribution is -0.115. The van der Waals surface area contributed by atoms with Crippen LogP contribution in [0.2, 0.25) is 15.1 Å². The first-order valence-electron chi connectivity index (χ1n) is 6.13. The van der Waals surface area contributed by atoms with E-state index in [-0.39, 0.29) is 22.7 Å². The zero-order valence-corrected chi connectivity index (χ0v) is 13.3. The van der Waals surface area contributed by atoms with Crippen molar-refractivity contribution in [3.8, 4) is 0 Å². The van der Waals surface area contributed by atoms with Crippen molar-refractivity contribution < 1.29 is 14.7 Å². The molecule has 0 spiro atoms. The van der Waals surface area contributed by atoms with E-state index in [1.54, 1.807) is 12.1 Å². The number of hydrogen-bond donors (Lipinski definition) is 2. The van der Waals surface area contributed by atoms with Gasteiger partial charge in [0, 0.05) is 15.1 Å². The molecule has 2 aromatic rings. The molecule has 114 valence electrons. The Balaban J connectivity index is 2.17. The number of aromatic carboxylic acids is 1. The topological polar surface area (TPSA) is 66.4 Å². The number of amides is 1. The number of nitrogens with one attached hydrogen (secondary N) is 1. The Hall–Kier alpha value is -1.75. The van der Waals surface area contributed by atoms with E-state index in [0.29, 0.717) is 15.6 Å². The maximum Gasteiger partial charge on any atom is 0.337 e. The lowest BCUT2D eigenvalue weighted by Gasteiger charge is -2.10. The molecule has 0 radical (unpaired) electrons. The molecule has 0 atom stereocenters. The van der Waals surface area contributed by atoms with Gasteiger partial charge in [-0.1, -0.05) is 40.9 Å². The molecular weight excluding hydrogens is 349 g/mol. The molecule has 2 rings (SSSR count). The summed E-state index contributed by atoms with van der Waals surface area (Å²) < 4.78 is 0. The van der Waals surface area contributed by atoms with E-state index >= 15 is 0 Å². The van der Waals surface area contributed by atoms with Crippen LogP contribution >= 0.6 is 34.8 Å². The molecule has 0 fully saturated rings. The Morgan fingerprint density at radius 2 is 1.64 bits per heavy atom. The molecule has 2 aromatic carbocycles. The van der Waals surface area contributed by atoms with Gasteiger partial charge >= 0.3 is 5.97 Å². The highest BCUT2D eigenvalue weighted by Crippen LogP contribution is 2.23. The maximum atomic E-state index is 12.1. The predicted molar refractivity (Wildman–Crippen MR) is 87.2 cm³/mol. The van der Waals surface area contributed by atoms with Crippen molar-refractivity contribution in [1.29, 1.82) is 0 Å². The Bertz CT molecular complexity index is 747. The Morgan fingerprint density at radius 1 is 1.00 bits per heavy atom. The van der Waals surface area contributed by atoms with E-state index in [9.17, 15) is 9.59 Å². The highest BCUT2D eigenvalue weighted by atomic mass is 35.5. The summed E-state index contributed by atoms with van der Waals surface area (Å²) in [5.74, 6) is -1.57. The van der Waals surface area contributed by atoms with Crippen LogP contribution in [0.25, 0.3) is 0 Å². The second-order valence-corrected chi connectivity index (χ2v) is 5.74. The first-order valence-corrected chi connectivity index (χ1v) is 7.27. The van der Waals surface area contributed by atoms with Crippen molar-refractivity contribution >= 4 is 52.4 Å². The molecular formula is C15H10Cl3NO3. The third kappa shape index (κ3) is 4.13. The summed E-state index contributed by atoms with van der Waals surface area (Å²) >= 11 is 17.6. The minimum Gasteiger partial charge on any atom is -0.478 e. The van der Waals surface area contributed by atoms with Crippen molar-refractivity contribution in [3.63, 3.8) is 0 Å². The van der Waals surface area contributed by atoms with Crippen LogP contribution in [0.4, 0.5) is 5.69 Å². The third-order valence-electron chi connectivity index (χ3n) is 2.85. The van der Waals surface area contributed by atoms with E-state index in [1.807, 2.05) is 0 Å². The molecule has 0 unspecified atom stereocenters. The number of hydrogen-bond acceptors (Lipinski definition) is 2. The molecule has 4 nitrogen and oxygen atoms in total. The van der Waals surface area contributed by atoms with Gasteiger partial charge in [-0.2, -0.15) is 0 Å².